The van der Waals surface area contributed by atoms with Gasteiger partial charge in [0.15, 0.2) is 0 Å². The number of carbonyl (C=O) groups excluding carboxylic acids is 1. The van der Waals surface area contributed by atoms with Crippen molar-refractivity contribution in [2.24, 2.45) is 0 Å². The average Bonchev–Trinajstić information content (AvgIpc) is 2.15. The number of rotatable bonds is 2. The third-order valence-corrected chi connectivity index (χ3v) is 1.77. The standard InChI is InChI=1S/C9H7F3O2/c10-9(11,12)8-2-1-6(4-13)7(3-8)5-14/h1-4,14H,5H2. The highest BCUT2D eigenvalue weighted by molar-refractivity contribution is 5.77. The Morgan fingerprint density at radius 2 is 2.00 bits per heavy atom. The summed E-state index contributed by atoms with van der Waals surface area (Å²) in [6.07, 6.45) is -4.04. The van der Waals surface area contributed by atoms with Gasteiger partial charge in [0.2, 0.25) is 0 Å². The molecule has 0 fully saturated rings. The highest BCUT2D eigenvalue weighted by atomic mass is 19.4. The molecule has 1 rings (SSSR count). The number of aldehydes is 1. The Balaban J connectivity index is 3.21. The number of aliphatic hydroxyl groups is 1. The van der Waals surface area contributed by atoms with Gasteiger partial charge in [0, 0.05) is 5.56 Å². The Labute approximate surface area is 78.0 Å². The lowest BCUT2D eigenvalue weighted by atomic mass is 10.1. The third-order valence-electron chi connectivity index (χ3n) is 1.77. The monoisotopic (exact) mass is 204 g/mol. The molecular formula is C9H7F3O2. The summed E-state index contributed by atoms with van der Waals surface area (Å²) in [7, 11) is 0. The molecule has 0 amide bonds. The summed E-state index contributed by atoms with van der Waals surface area (Å²) in [6.45, 7) is -0.585. The van der Waals surface area contributed by atoms with Crippen molar-refractivity contribution in [1.29, 1.82) is 0 Å². The average molecular weight is 204 g/mol. The normalized spacial score (nSPS) is 11.4. The Hall–Kier alpha value is -1.36. The maximum absolute atomic E-state index is 12.2. The summed E-state index contributed by atoms with van der Waals surface area (Å²) in [6, 6.07) is 2.62. The van der Waals surface area contributed by atoms with Crippen molar-refractivity contribution in [3.63, 3.8) is 0 Å². The fourth-order valence-corrected chi connectivity index (χ4v) is 1.03. The number of halogens is 3. The van der Waals surface area contributed by atoms with Crippen LogP contribution in [-0.2, 0) is 12.8 Å². The number of carbonyl (C=O) groups is 1. The first-order valence-electron chi connectivity index (χ1n) is 3.75. The fourth-order valence-electron chi connectivity index (χ4n) is 1.03. The molecule has 14 heavy (non-hydrogen) atoms. The van der Waals surface area contributed by atoms with Crippen LogP contribution in [-0.4, -0.2) is 11.4 Å². The van der Waals surface area contributed by atoms with E-state index in [9.17, 15) is 18.0 Å². The minimum atomic E-state index is -4.45. The van der Waals surface area contributed by atoms with Crippen LogP contribution < -0.4 is 0 Å². The molecule has 1 aromatic rings. The van der Waals surface area contributed by atoms with E-state index in [0.717, 1.165) is 18.2 Å². The SMILES string of the molecule is O=Cc1ccc(C(F)(F)F)cc1CO. The van der Waals surface area contributed by atoms with Gasteiger partial charge in [-0.15, -0.1) is 0 Å². The number of aliphatic hydroxyl groups excluding tert-OH is 1. The van der Waals surface area contributed by atoms with Crippen molar-refractivity contribution in [2.75, 3.05) is 0 Å². The van der Waals surface area contributed by atoms with Crippen LogP contribution in [0, 0.1) is 0 Å². The minimum absolute atomic E-state index is 0.0187. The van der Waals surface area contributed by atoms with E-state index >= 15 is 0 Å². The van der Waals surface area contributed by atoms with Crippen molar-refractivity contribution in [3.05, 3.63) is 34.9 Å². The second-order valence-corrected chi connectivity index (χ2v) is 2.69. The predicted molar refractivity (Wildman–Crippen MR) is 42.8 cm³/mol. The van der Waals surface area contributed by atoms with Gasteiger partial charge in [-0.1, -0.05) is 6.07 Å². The lowest BCUT2D eigenvalue weighted by Gasteiger charge is -2.08. The molecule has 1 aromatic carbocycles. The van der Waals surface area contributed by atoms with E-state index in [1.807, 2.05) is 0 Å². The maximum Gasteiger partial charge on any atom is 0.416 e. The molecule has 1 N–H and O–H groups in total. The van der Waals surface area contributed by atoms with Crippen molar-refractivity contribution in [1.82, 2.24) is 0 Å². The number of alkyl halides is 3. The van der Waals surface area contributed by atoms with Crippen LogP contribution in [0.2, 0.25) is 0 Å². The van der Waals surface area contributed by atoms with Gasteiger partial charge < -0.3 is 5.11 Å². The number of hydrogen-bond donors (Lipinski definition) is 1. The summed E-state index contributed by atoms with van der Waals surface area (Å²) in [5.74, 6) is 0. The molecule has 0 aliphatic rings. The lowest BCUT2D eigenvalue weighted by molar-refractivity contribution is -0.137. The van der Waals surface area contributed by atoms with Crippen molar-refractivity contribution in [2.45, 2.75) is 12.8 Å². The fraction of sp³-hybridized carbons (Fsp3) is 0.222. The molecule has 0 aromatic heterocycles. The quantitative estimate of drug-likeness (QED) is 0.748. The van der Waals surface area contributed by atoms with Gasteiger partial charge in [-0.2, -0.15) is 13.2 Å². The van der Waals surface area contributed by atoms with E-state index < -0.39 is 18.3 Å². The van der Waals surface area contributed by atoms with Crippen LogP contribution in [0.15, 0.2) is 18.2 Å². The summed E-state index contributed by atoms with van der Waals surface area (Å²) in [5, 5.41) is 8.71. The van der Waals surface area contributed by atoms with E-state index in [1.165, 1.54) is 0 Å². The molecule has 0 bridgehead atoms. The van der Waals surface area contributed by atoms with Crippen LogP contribution >= 0.6 is 0 Å². The molecule has 0 saturated carbocycles. The second kappa shape index (κ2) is 3.79. The zero-order valence-electron chi connectivity index (χ0n) is 7.01. The molecular weight excluding hydrogens is 197 g/mol. The van der Waals surface area contributed by atoms with Gasteiger partial charge in [0.1, 0.15) is 6.29 Å². The molecule has 76 valence electrons. The summed E-state index contributed by atoms with van der Waals surface area (Å²) in [4.78, 5) is 10.4. The van der Waals surface area contributed by atoms with Crippen molar-refractivity contribution < 1.29 is 23.1 Å². The number of benzene rings is 1. The van der Waals surface area contributed by atoms with E-state index in [4.69, 9.17) is 5.11 Å². The molecule has 0 unspecified atom stereocenters. The van der Waals surface area contributed by atoms with Gasteiger partial charge in [-0.05, 0) is 17.7 Å². The van der Waals surface area contributed by atoms with E-state index in [1.54, 1.807) is 0 Å². The van der Waals surface area contributed by atoms with Crippen LogP contribution in [0.1, 0.15) is 21.5 Å². The molecule has 2 nitrogen and oxygen atoms in total. The highest BCUT2D eigenvalue weighted by Gasteiger charge is 2.30. The first kappa shape index (κ1) is 10.7. The molecule has 0 heterocycles. The Bertz CT molecular complexity index is 344. The smallest absolute Gasteiger partial charge is 0.392 e. The van der Waals surface area contributed by atoms with Crippen LogP contribution in [0.5, 0.6) is 0 Å². The molecule has 0 radical (unpaired) electrons. The van der Waals surface area contributed by atoms with Crippen LogP contribution in [0.25, 0.3) is 0 Å². The van der Waals surface area contributed by atoms with E-state index in [2.05, 4.69) is 0 Å². The van der Waals surface area contributed by atoms with E-state index in [0.29, 0.717) is 6.29 Å². The molecule has 5 heteroatoms. The lowest BCUT2D eigenvalue weighted by Crippen LogP contribution is -2.06. The molecule has 0 spiro atoms. The first-order valence-corrected chi connectivity index (χ1v) is 3.75. The molecule has 0 aliphatic heterocycles. The Morgan fingerprint density at radius 3 is 2.43 bits per heavy atom. The maximum atomic E-state index is 12.2. The topological polar surface area (TPSA) is 37.3 Å². The summed E-state index contributed by atoms with van der Waals surface area (Å²) < 4.78 is 36.5. The zero-order chi connectivity index (χ0) is 10.8. The van der Waals surface area contributed by atoms with Gasteiger partial charge in [-0.25, -0.2) is 0 Å². The Morgan fingerprint density at radius 1 is 1.36 bits per heavy atom. The van der Waals surface area contributed by atoms with Gasteiger partial charge >= 0.3 is 6.18 Å². The first-order chi connectivity index (χ1) is 6.49. The summed E-state index contributed by atoms with van der Waals surface area (Å²) >= 11 is 0. The van der Waals surface area contributed by atoms with Gasteiger partial charge in [0.25, 0.3) is 0 Å². The van der Waals surface area contributed by atoms with Crippen molar-refractivity contribution in [3.8, 4) is 0 Å². The molecule has 0 saturated heterocycles. The van der Waals surface area contributed by atoms with Crippen molar-refractivity contribution >= 4 is 6.29 Å². The van der Waals surface area contributed by atoms with Crippen LogP contribution in [0.3, 0.4) is 0 Å². The largest absolute Gasteiger partial charge is 0.416 e. The third kappa shape index (κ3) is 2.11. The van der Waals surface area contributed by atoms with E-state index in [-0.39, 0.29) is 11.1 Å². The summed E-state index contributed by atoms with van der Waals surface area (Å²) in [5.41, 5.74) is -0.817. The van der Waals surface area contributed by atoms with Gasteiger partial charge in [0.05, 0.1) is 12.2 Å². The second-order valence-electron chi connectivity index (χ2n) is 2.69. The number of hydrogen-bond acceptors (Lipinski definition) is 2. The predicted octanol–water partition coefficient (Wildman–Crippen LogP) is 2.01. The highest BCUT2D eigenvalue weighted by Crippen LogP contribution is 2.30. The van der Waals surface area contributed by atoms with Crippen LogP contribution in [0.4, 0.5) is 13.2 Å². The Kier molecular flexibility index (Phi) is 2.90. The molecule has 0 aliphatic carbocycles. The molecule has 0 atom stereocenters. The zero-order valence-corrected chi connectivity index (χ0v) is 7.01. The van der Waals surface area contributed by atoms with Gasteiger partial charge in [-0.3, -0.25) is 4.79 Å². The minimum Gasteiger partial charge on any atom is -0.392 e.